The second kappa shape index (κ2) is 5.03. The maximum Gasteiger partial charge on any atom is 0.320 e. The lowest BCUT2D eigenvalue weighted by molar-refractivity contribution is 0.264. The number of amides is 1. The molecule has 0 radical (unpaired) electrons. The van der Waals surface area contributed by atoms with Gasteiger partial charge in [-0.1, -0.05) is 0 Å². The predicted molar refractivity (Wildman–Crippen MR) is 65.0 cm³/mol. The molecule has 1 amide bonds. The zero-order chi connectivity index (χ0) is 11.4. The number of anilines is 2. The Labute approximate surface area is 95.2 Å². The second-order valence-electron chi connectivity index (χ2n) is 3.41. The summed E-state index contributed by atoms with van der Waals surface area (Å²) in [4.78, 5) is 14.6. The van der Waals surface area contributed by atoms with Gasteiger partial charge in [0, 0.05) is 32.0 Å². The molecule has 0 spiro atoms. The van der Waals surface area contributed by atoms with E-state index in [1.165, 1.54) is 4.90 Å². The highest BCUT2D eigenvalue weighted by Gasteiger charge is 2.10. The maximum atomic E-state index is 11.1. The van der Waals surface area contributed by atoms with Crippen LogP contribution in [0.1, 0.15) is 6.92 Å². The van der Waals surface area contributed by atoms with Crippen LogP contribution in [0.4, 0.5) is 16.2 Å². The van der Waals surface area contributed by atoms with Gasteiger partial charge in [0.15, 0.2) is 0 Å². The average Bonchev–Trinajstić information content (AvgIpc) is 2.19. The molecular formula is C11H15ClN2O. The molecule has 0 saturated heterocycles. The van der Waals surface area contributed by atoms with Gasteiger partial charge in [0.25, 0.3) is 0 Å². The Morgan fingerprint density at radius 3 is 2.00 bits per heavy atom. The van der Waals surface area contributed by atoms with Gasteiger partial charge in [-0.2, -0.15) is 0 Å². The van der Waals surface area contributed by atoms with Crippen molar-refractivity contribution in [2.45, 2.75) is 6.92 Å². The van der Waals surface area contributed by atoms with Gasteiger partial charge in [0.1, 0.15) is 0 Å². The molecule has 0 fully saturated rings. The van der Waals surface area contributed by atoms with Crippen LogP contribution in [0.2, 0.25) is 0 Å². The maximum absolute atomic E-state index is 11.1. The van der Waals surface area contributed by atoms with Crippen LogP contribution in [0, 0.1) is 0 Å². The van der Waals surface area contributed by atoms with Gasteiger partial charge in [-0.15, -0.1) is 0 Å². The molecule has 0 aromatic heterocycles. The number of hydrogen-bond donors (Lipinski definition) is 0. The molecule has 82 valence electrons. The van der Waals surface area contributed by atoms with E-state index in [1.807, 2.05) is 50.2 Å². The Bertz CT molecular complexity index is 335. The minimum atomic E-state index is -0.449. The molecule has 0 aliphatic carbocycles. The van der Waals surface area contributed by atoms with Gasteiger partial charge in [-0.3, -0.25) is 9.69 Å². The highest BCUT2D eigenvalue weighted by Crippen LogP contribution is 2.20. The summed E-state index contributed by atoms with van der Waals surface area (Å²) in [6.07, 6.45) is 0. The summed E-state index contributed by atoms with van der Waals surface area (Å²) in [5.41, 5.74) is 1.92. The lowest BCUT2D eigenvalue weighted by Crippen LogP contribution is -2.25. The lowest BCUT2D eigenvalue weighted by Gasteiger charge is -2.19. The highest BCUT2D eigenvalue weighted by atomic mass is 35.5. The third-order valence-electron chi connectivity index (χ3n) is 2.21. The van der Waals surface area contributed by atoms with Crippen molar-refractivity contribution in [1.29, 1.82) is 0 Å². The number of carbonyl (C=O) groups excluding carboxylic acids is 1. The lowest BCUT2D eigenvalue weighted by atomic mass is 10.2. The van der Waals surface area contributed by atoms with E-state index < -0.39 is 5.37 Å². The van der Waals surface area contributed by atoms with E-state index in [1.54, 1.807) is 0 Å². The number of rotatable bonds is 3. The summed E-state index contributed by atoms with van der Waals surface area (Å²) in [5, 5.41) is -0.449. The first-order chi connectivity index (χ1) is 7.06. The smallest absolute Gasteiger partial charge is 0.320 e. The Morgan fingerprint density at radius 1 is 1.20 bits per heavy atom. The monoisotopic (exact) mass is 226 g/mol. The molecule has 0 aliphatic heterocycles. The summed E-state index contributed by atoms with van der Waals surface area (Å²) < 4.78 is 0. The molecule has 0 saturated carbocycles. The van der Waals surface area contributed by atoms with Crippen molar-refractivity contribution >= 4 is 28.3 Å². The topological polar surface area (TPSA) is 23.6 Å². The molecular weight excluding hydrogens is 212 g/mol. The average molecular weight is 227 g/mol. The van der Waals surface area contributed by atoms with Crippen molar-refractivity contribution < 1.29 is 4.79 Å². The Hall–Kier alpha value is -1.22. The second-order valence-corrected chi connectivity index (χ2v) is 3.73. The van der Waals surface area contributed by atoms with Gasteiger partial charge in [0.05, 0.1) is 0 Å². The van der Waals surface area contributed by atoms with Crippen LogP contribution in [-0.2, 0) is 0 Å². The SMILES string of the molecule is CCN(C(=O)Cl)c1ccc(N(C)C)cc1. The van der Waals surface area contributed by atoms with Crippen molar-refractivity contribution in [2.75, 3.05) is 30.4 Å². The molecule has 0 heterocycles. The third-order valence-corrected chi connectivity index (χ3v) is 2.41. The van der Waals surface area contributed by atoms with Gasteiger partial charge < -0.3 is 4.90 Å². The fourth-order valence-corrected chi connectivity index (χ4v) is 1.56. The molecule has 1 aromatic rings. The van der Waals surface area contributed by atoms with E-state index in [9.17, 15) is 4.79 Å². The van der Waals surface area contributed by atoms with Crippen LogP contribution < -0.4 is 9.80 Å². The van der Waals surface area contributed by atoms with Gasteiger partial charge in [0.2, 0.25) is 0 Å². The first-order valence-corrected chi connectivity index (χ1v) is 5.18. The fourth-order valence-electron chi connectivity index (χ4n) is 1.34. The summed E-state index contributed by atoms with van der Waals surface area (Å²) in [6.45, 7) is 2.46. The third kappa shape index (κ3) is 2.86. The van der Waals surface area contributed by atoms with Crippen LogP contribution in [0.15, 0.2) is 24.3 Å². The van der Waals surface area contributed by atoms with Crippen molar-refractivity contribution in [3.63, 3.8) is 0 Å². The normalized spacial score (nSPS) is 9.87. The molecule has 1 rings (SSSR count). The molecule has 0 N–H and O–H groups in total. The number of nitrogens with zero attached hydrogens (tertiary/aromatic N) is 2. The van der Waals surface area contributed by atoms with Crippen LogP contribution in [0.25, 0.3) is 0 Å². The fraction of sp³-hybridized carbons (Fsp3) is 0.364. The first-order valence-electron chi connectivity index (χ1n) is 4.80. The van der Waals surface area contributed by atoms with E-state index in [2.05, 4.69) is 0 Å². The summed E-state index contributed by atoms with van der Waals surface area (Å²) in [6, 6.07) is 7.69. The number of carbonyl (C=O) groups is 1. The van der Waals surface area contributed by atoms with Gasteiger partial charge in [-0.05, 0) is 42.8 Å². The molecule has 0 bridgehead atoms. The van der Waals surface area contributed by atoms with Crippen LogP contribution >= 0.6 is 11.6 Å². The quantitative estimate of drug-likeness (QED) is 0.585. The summed E-state index contributed by atoms with van der Waals surface area (Å²) >= 11 is 5.46. The van der Waals surface area contributed by atoms with E-state index in [-0.39, 0.29) is 0 Å². The van der Waals surface area contributed by atoms with E-state index in [0.717, 1.165) is 11.4 Å². The molecule has 1 aromatic carbocycles. The molecule has 0 atom stereocenters. The minimum Gasteiger partial charge on any atom is -0.378 e. The van der Waals surface area contributed by atoms with E-state index in [4.69, 9.17) is 11.6 Å². The molecule has 4 heteroatoms. The van der Waals surface area contributed by atoms with Crippen molar-refractivity contribution in [3.05, 3.63) is 24.3 Å². The molecule has 0 unspecified atom stereocenters. The summed E-state index contributed by atoms with van der Waals surface area (Å²) in [7, 11) is 3.94. The Balaban J connectivity index is 2.92. The number of hydrogen-bond acceptors (Lipinski definition) is 2. The van der Waals surface area contributed by atoms with Crippen molar-refractivity contribution in [1.82, 2.24) is 0 Å². The Kier molecular flexibility index (Phi) is 3.97. The largest absolute Gasteiger partial charge is 0.378 e. The van der Waals surface area contributed by atoms with Crippen molar-refractivity contribution in [3.8, 4) is 0 Å². The van der Waals surface area contributed by atoms with Crippen LogP contribution in [0.3, 0.4) is 0 Å². The van der Waals surface area contributed by atoms with Crippen LogP contribution in [0.5, 0.6) is 0 Å². The van der Waals surface area contributed by atoms with Crippen LogP contribution in [-0.4, -0.2) is 26.0 Å². The van der Waals surface area contributed by atoms with Gasteiger partial charge in [-0.25, -0.2) is 0 Å². The predicted octanol–water partition coefficient (Wildman–Crippen LogP) is 2.94. The Morgan fingerprint density at radius 2 is 1.67 bits per heavy atom. The van der Waals surface area contributed by atoms with Gasteiger partial charge >= 0.3 is 5.37 Å². The number of benzene rings is 1. The molecule has 0 aliphatic rings. The zero-order valence-corrected chi connectivity index (χ0v) is 9.95. The molecule has 15 heavy (non-hydrogen) atoms. The van der Waals surface area contributed by atoms with E-state index in [0.29, 0.717) is 6.54 Å². The van der Waals surface area contributed by atoms with Crippen molar-refractivity contribution in [2.24, 2.45) is 0 Å². The highest BCUT2D eigenvalue weighted by molar-refractivity contribution is 6.66. The summed E-state index contributed by atoms with van der Waals surface area (Å²) in [5.74, 6) is 0. The first kappa shape index (κ1) is 11.9. The minimum absolute atomic E-state index is 0.449. The zero-order valence-electron chi connectivity index (χ0n) is 9.20. The number of halogens is 1. The van der Waals surface area contributed by atoms with E-state index >= 15 is 0 Å². The standard InChI is InChI=1S/C11H15ClN2O/c1-4-14(11(12)15)10-7-5-9(6-8-10)13(2)3/h5-8H,4H2,1-3H3. The molecule has 3 nitrogen and oxygen atoms in total.